The van der Waals surface area contributed by atoms with E-state index in [0.717, 1.165) is 0 Å². The molecule has 30 heavy (non-hydrogen) atoms. The van der Waals surface area contributed by atoms with E-state index in [4.69, 9.17) is 9.47 Å². The molecule has 1 aliphatic carbocycles. The number of fused-ring (bicyclic) bond motifs is 2. The van der Waals surface area contributed by atoms with E-state index in [0.29, 0.717) is 0 Å². The zero-order chi connectivity index (χ0) is 22.1. The molecule has 9 nitrogen and oxygen atoms in total. The summed E-state index contributed by atoms with van der Waals surface area (Å²) in [6, 6.07) is 4.22. The number of ether oxygens (including phenoxy) is 2. The predicted molar refractivity (Wildman–Crippen MR) is 106 cm³/mol. The standard InChI is InChI=1S/C21H24N2O7/c1-4-10-22-12-13-11-14-15(8-7-9-16(14)23(27)28)21(17(13)18(22)24,19(25)29-5-2)20(26)30-6-3/h4,7-9,13,17H,1,5-6,10-12H2,2-3H3/t13-,17+/m1/s1. The van der Waals surface area contributed by atoms with Gasteiger partial charge >= 0.3 is 11.9 Å². The fourth-order valence-corrected chi connectivity index (χ4v) is 4.72. The van der Waals surface area contributed by atoms with Gasteiger partial charge in [0.1, 0.15) is 0 Å². The minimum absolute atomic E-state index is 0.0216. The number of amides is 1. The van der Waals surface area contributed by atoms with Crippen molar-refractivity contribution >= 4 is 23.5 Å². The molecule has 0 saturated carbocycles. The van der Waals surface area contributed by atoms with Crippen molar-refractivity contribution in [2.75, 3.05) is 26.3 Å². The van der Waals surface area contributed by atoms with Gasteiger partial charge in [-0.15, -0.1) is 6.58 Å². The van der Waals surface area contributed by atoms with Crippen molar-refractivity contribution in [1.82, 2.24) is 4.90 Å². The number of hydrogen-bond acceptors (Lipinski definition) is 7. The largest absolute Gasteiger partial charge is 0.465 e. The number of nitro groups is 1. The topological polar surface area (TPSA) is 116 Å². The molecule has 0 bridgehead atoms. The normalized spacial score (nSPS) is 21.4. The summed E-state index contributed by atoms with van der Waals surface area (Å²) in [6.07, 6.45) is 1.75. The molecule has 160 valence electrons. The Morgan fingerprint density at radius 1 is 1.30 bits per heavy atom. The van der Waals surface area contributed by atoms with Crippen LogP contribution in [0.25, 0.3) is 0 Å². The van der Waals surface area contributed by atoms with Crippen molar-refractivity contribution in [3.05, 3.63) is 52.1 Å². The maximum Gasteiger partial charge on any atom is 0.328 e. The molecular formula is C21H24N2O7. The van der Waals surface area contributed by atoms with Gasteiger partial charge in [-0.2, -0.15) is 0 Å². The van der Waals surface area contributed by atoms with E-state index in [1.165, 1.54) is 23.1 Å². The third-order valence-corrected chi connectivity index (χ3v) is 5.75. The predicted octanol–water partition coefficient (Wildman–Crippen LogP) is 1.78. The van der Waals surface area contributed by atoms with E-state index in [2.05, 4.69) is 6.58 Å². The first-order chi connectivity index (χ1) is 14.3. The van der Waals surface area contributed by atoms with Gasteiger partial charge < -0.3 is 14.4 Å². The lowest BCUT2D eigenvalue weighted by atomic mass is 9.59. The van der Waals surface area contributed by atoms with Crippen molar-refractivity contribution in [3.8, 4) is 0 Å². The Morgan fingerprint density at radius 2 is 1.93 bits per heavy atom. The minimum Gasteiger partial charge on any atom is -0.465 e. The van der Waals surface area contributed by atoms with E-state index >= 15 is 0 Å². The first-order valence-electron chi connectivity index (χ1n) is 9.85. The Balaban J connectivity index is 2.34. The fourth-order valence-electron chi connectivity index (χ4n) is 4.72. The van der Waals surface area contributed by atoms with Gasteiger partial charge in [0.2, 0.25) is 11.3 Å². The van der Waals surface area contributed by atoms with E-state index in [1.807, 2.05) is 0 Å². The van der Waals surface area contributed by atoms with Crippen LogP contribution >= 0.6 is 0 Å². The van der Waals surface area contributed by atoms with Gasteiger partial charge in [0.05, 0.1) is 24.1 Å². The molecule has 1 aromatic carbocycles. The molecule has 2 atom stereocenters. The summed E-state index contributed by atoms with van der Waals surface area (Å²) in [4.78, 5) is 52.7. The molecule has 1 heterocycles. The number of carbonyl (C=O) groups is 3. The quantitative estimate of drug-likeness (QED) is 0.219. The molecule has 2 aliphatic rings. The van der Waals surface area contributed by atoms with Gasteiger partial charge in [-0.25, -0.2) is 0 Å². The van der Waals surface area contributed by atoms with Crippen molar-refractivity contribution in [3.63, 3.8) is 0 Å². The van der Waals surface area contributed by atoms with E-state index in [-0.39, 0.29) is 49.5 Å². The van der Waals surface area contributed by atoms with E-state index < -0.39 is 40.0 Å². The first kappa shape index (κ1) is 21.5. The van der Waals surface area contributed by atoms with Crippen molar-refractivity contribution in [1.29, 1.82) is 0 Å². The maximum atomic E-state index is 13.3. The summed E-state index contributed by atoms with van der Waals surface area (Å²) < 4.78 is 10.5. The number of rotatable bonds is 7. The molecule has 3 rings (SSSR count). The summed E-state index contributed by atoms with van der Waals surface area (Å²) >= 11 is 0. The maximum absolute atomic E-state index is 13.3. The van der Waals surface area contributed by atoms with Crippen LogP contribution in [0.1, 0.15) is 25.0 Å². The summed E-state index contributed by atoms with van der Waals surface area (Å²) in [6.45, 7) is 7.28. The van der Waals surface area contributed by atoms with Crippen LogP contribution in [0.2, 0.25) is 0 Å². The number of nitro benzene ring substituents is 1. The van der Waals surface area contributed by atoms with Gasteiger partial charge in [-0.3, -0.25) is 24.5 Å². The number of likely N-dealkylation sites (tertiary alicyclic amines) is 1. The van der Waals surface area contributed by atoms with Crippen LogP contribution in [0.3, 0.4) is 0 Å². The van der Waals surface area contributed by atoms with Crippen molar-refractivity contribution < 1.29 is 28.8 Å². The average Bonchev–Trinajstić information content (AvgIpc) is 3.01. The average molecular weight is 416 g/mol. The molecule has 1 aromatic rings. The summed E-state index contributed by atoms with van der Waals surface area (Å²) in [5, 5.41) is 11.7. The van der Waals surface area contributed by atoms with Crippen molar-refractivity contribution in [2.24, 2.45) is 11.8 Å². The zero-order valence-corrected chi connectivity index (χ0v) is 17.0. The second-order valence-corrected chi connectivity index (χ2v) is 7.28. The number of carbonyl (C=O) groups excluding carboxylic acids is 3. The van der Waals surface area contributed by atoms with Gasteiger partial charge in [-0.05, 0) is 31.7 Å². The van der Waals surface area contributed by atoms with Gasteiger partial charge in [0, 0.05) is 24.7 Å². The fraction of sp³-hybridized carbons (Fsp3) is 0.476. The second kappa shape index (κ2) is 8.25. The minimum atomic E-state index is -2.09. The first-order valence-corrected chi connectivity index (χ1v) is 9.85. The summed E-state index contributed by atoms with van der Waals surface area (Å²) in [5.41, 5.74) is -1.91. The smallest absolute Gasteiger partial charge is 0.328 e. The molecule has 1 aliphatic heterocycles. The molecule has 9 heteroatoms. The number of benzene rings is 1. The van der Waals surface area contributed by atoms with Crippen LogP contribution in [0.5, 0.6) is 0 Å². The third kappa shape index (κ3) is 3.05. The molecule has 1 fully saturated rings. The lowest BCUT2D eigenvalue weighted by molar-refractivity contribution is -0.385. The highest BCUT2D eigenvalue weighted by atomic mass is 16.6. The van der Waals surface area contributed by atoms with Crippen molar-refractivity contribution in [2.45, 2.75) is 25.7 Å². The molecule has 0 unspecified atom stereocenters. The lowest BCUT2D eigenvalue weighted by Gasteiger charge is -2.40. The Labute approximate surface area is 173 Å². The molecule has 0 aromatic heterocycles. The molecule has 0 radical (unpaired) electrons. The monoisotopic (exact) mass is 416 g/mol. The molecule has 0 N–H and O–H groups in total. The van der Waals surface area contributed by atoms with Gasteiger partial charge in [-0.1, -0.05) is 18.2 Å². The SMILES string of the molecule is C=CCN1C[C@H]2Cc3c([N+](=O)[O-])cccc3C(C(=O)OCC)(C(=O)OCC)[C@@H]2C1=O. The lowest BCUT2D eigenvalue weighted by Crippen LogP contribution is -2.58. The number of hydrogen-bond donors (Lipinski definition) is 0. The van der Waals surface area contributed by atoms with Crippen LogP contribution in [0, 0.1) is 22.0 Å². The molecule has 1 amide bonds. The summed E-state index contributed by atoms with van der Waals surface area (Å²) in [5.74, 6) is -3.79. The van der Waals surface area contributed by atoms with Crippen LogP contribution in [0.15, 0.2) is 30.9 Å². The Bertz CT molecular complexity index is 893. The molecule has 0 spiro atoms. The number of nitrogens with zero attached hydrogens (tertiary/aromatic N) is 2. The zero-order valence-electron chi connectivity index (χ0n) is 17.0. The highest BCUT2D eigenvalue weighted by molar-refractivity contribution is 6.12. The van der Waals surface area contributed by atoms with Crippen LogP contribution < -0.4 is 0 Å². The van der Waals surface area contributed by atoms with Crippen LogP contribution in [-0.2, 0) is 35.7 Å². The second-order valence-electron chi connectivity index (χ2n) is 7.28. The number of esters is 2. The summed E-state index contributed by atoms with van der Waals surface area (Å²) in [7, 11) is 0. The van der Waals surface area contributed by atoms with Gasteiger partial charge in [0.15, 0.2) is 0 Å². The molecule has 1 saturated heterocycles. The van der Waals surface area contributed by atoms with Gasteiger partial charge in [0.25, 0.3) is 5.69 Å². The Morgan fingerprint density at radius 3 is 2.47 bits per heavy atom. The van der Waals surface area contributed by atoms with E-state index in [9.17, 15) is 24.5 Å². The Hall–Kier alpha value is -3.23. The molecular weight excluding hydrogens is 392 g/mol. The Kier molecular flexibility index (Phi) is 5.91. The third-order valence-electron chi connectivity index (χ3n) is 5.75. The van der Waals surface area contributed by atoms with Crippen LogP contribution in [0.4, 0.5) is 5.69 Å². The van der Waals surface area contributed by atoms with E-state index in [1.54, 1.807) is 19.9 Å². The highest BCUT2D eigenvalue weighted by Crippen LogP contribution is 2.52. The van der Waals surface area contributed by atoms with Crippen LogP contribution in [-0.4, -0.2) is 54.0 Å². The highest BCUT2D eigenvalue weighted by Gasteiger charge is 2.67.